The first-order valence-corrected chi connectivity index (χ1v) is 10.0. The maximum absolute atomic E-state index is 6.28. The van der Waals surface area contributed by atoms with Crippen LogP contribution in [0.5, 0.6) is 0 Å². The lowest BCUT2D eigenvalue weighted by Crippen LogP contribution is -2.30. The van der Waals surface area contributed by atoms with E-state index in [1.54, 1.807) is 0 Å². The van der Waals surface area contributed by atoms with Crippen LogP contribution in [0.3, 0.4) is 0 Å². The summed E-state index contributed by atoms with van der Waals surface area (Å²) in [7, 11) is 0. The molecule has 4 rings (SSSR count). The van der Waals surface area contributed by atoms with E-state index in [0.29, 0.717) is 0 Å². The Morgan fingerprint density at radius 3 is 2.56 bits per heavy atom. The second kappa shape index (κ2) is 8.77. The Balaban J connectivity index is 0.00000182. The normalized spacial score (nSPS) is 18.4. The number of hydrogen-bond acceptors (Lipinski definition) is 2. The minimum absolute atomic E-state index is 0. The Morgan fingerprint density at radius 1 is 0.960 bits per heavy atom. The summed E-state index contributed by atoms with van der Waals surface area (Å²) in [5.74, 6) is 0. The van der Waals surface area contributed by atoms with Gasteiger partial charge in [-0.25, -0.2) is 0 Å². The van der Waals surface area contributed by atoms with Crippen molar-refractivity contribution >= 4 is 45.9 Å². The van der Waals surface area contributed by atoms with Gasteiger partial charge in [0.05, 0.1) is 0 Å². The Hall–Kier alpha value is -0.740. The van der Waals surface area contributed by atoms with E-state index in [1.165, 1.54) is 58.8 Å². The third-order valence-corrected chi connectivity index (χ3v) is 6.26. The van der Waals surface area contributed by atoms with Gasteiger partial charge in [-0.05, 0) is 73.3 Å². The van der Waals surface area contributed by atoms with Crippen LogP contribution in [0.2, 0.25) is 5.02 Å². The highest BCUT2D eigenvalue weighted by molar-refractivity contribution is 8.93. The second-order valence-electron chi connectivity index (χ2n) is 6.55. The zero-order valence-electron chi connectivity index (χ0n) is 14.2. The van der Waals surface area contributed by atoms with Gasteiger partial charge < -0.3 is 4.90 Å². The molecule has 2 heterocycles. The van der Waals surface area contributed by atoms with Crippen LogP contribution < -0.4 is 0 Å². The van der Waals surface area contributed by atoms with Gasteiger partial charge in [-0.1, -0.05) is 54.1 Å². The van der Waals surface area contributed by atoms with Gasteiger partial charge in [0.2, 0.25) is 0 Å². The van der Waals surface area contributed by atoms with Crippen molar-refractivity contribution in [2.75, 3.05) is 19.6 Å². The molecule has 0 aliphatic carbocycles. The number of likely N-dealkylation sites (tertiary alicyclic amines) is 1. The second-order valence-corrected chi connectivity index (χ2v) is 8.07. The Bertz CT molecular complexity index is 768. The highest BCUT2D eigenvalue weighted by Gasteiger charge is 2.20. The van der Waals surface area contributed by atoms with Gasteiger partial charge in [0.25, 0.3) is 0 Å². The predicted octanol–water partition coefficient (Wildman–Crippen LogP) is 6.69. The molecule has 2 aromatic carbocycles. The van der Waals surface area contributed by atoms with Crippen molar-refractivity contribution in [3.05, 3.63) is 64.7 Å². The van der Waals surface area contributed by atoms with Crippen LogP contribution in [0, 0.1) is 0 Å². The van der Waals surface area contributed by atoms with Gasteiger partial charge in [-0.15, -0.1) is 17.0 Å². The van der Waals surface area contributed by atoms with Gasteiger partial charge >= 0.3 is 0 Å². The highest BCUT2D eigenvalue weighted by atomic mass is 79.9. The highest BCUT2D eigenvalue weighted by Crippen LogP contribution is 2.46. The van der Waals surface area contributed by atoms with E-state index in [2.05, 4.69) is 47.4 Å². The molecule has 0 unspecified atom stereocenters. The summed E-state index contributed by atoms with van der Waals surface area (Å²) in [6.07, 6.45) is 7.62. The molecule has 2 aliphatic heterocycles. The quantitative estimate of drug-likeness (QED) is 0.450. The molecule has 0 radical (unpaired) electrons. The Labute approximate surface area is 170 Å². The topological polar surface area (TPSA) is 3.24 Å². The van der Waals surface area contributed by atoms with Crippen LogP contribution in [-0.2, 0) is 0 Å². The van der Waals surface area contributed by atoms with E-state index in [0.717, 1.165) is 18.0 Å². The molecule has 4 heteroatoms. The summed E-state index contributed by atoms with van der Waals surface area (Å²) in [5, 5.41) is 0.815. The molecule has 0 spiro atoms. The Kier molecular flexibility index (Phi) is 6.67. The van der Waals surface area contributed by atoms with E-state index in [1.807, 2.05) is 17.8 Å². The van der Waals surface area contributed by atoms with Gasteiger partial charge in [0.15, 0.2) is 0 Å². The minimum Gasteiger partial charge on any atom is -0.303 e. The van der Waals surface area contributed by atoms with E-state index < -0.39 is 0 Å². The van der Waals surface area contributed by atoms with Gasteiger partial charge in [-0.2, -0.15) is 0 Å². The molecule has 132 valence electrons. The summed E-state index contributed by atoms with van der Waals surface area (Å²) < 4.78 is 0. The number of halogens is 2. The van der Waals surface area contributed by atoms with Crippen LogP contribution in [0.1, 0.15) is 36.8 Å². The van der Waals surface area contributed by atoms with E-state index >= 15 is 0 Å². The Morgan fingerprint density at radius 2 is 1.72 bits per heavy atom. The van der Waals surface area contributed by atoms with Gasteiger partial charge in [0.1, 0.15) is 0 Å². The number of benzene rings is 2. The zero-order valence-corrected chi connectivity index (χ0v) is 17.5. The van der Waals surface area contributed by atoms with Crippen LogP contribution in [0.4, 0.5) is 0 Å². The van der Waals surface area contributed by atoms with Crippen molar-refractivity contribution < 1.29 is 0 Å². The lowest BCUT2D eigenvalue weighted by atomic mass is 9.96. The molecule has 1 saturated heterocycles. The fourth-order valence-corrected chi connectivity index (χ4v) is 4.90. The molecule has 1 nitrogen and oxygen atoms in total. The number of piperidine rings is 1. The number of hydrogen-bond donors (Lipinski definition) is 0. The van der Waals surface area contributed by atoms with Crippen molar-refractivity contribution in [3.63, 3.8) is 0 Å². The third kappa shape index (κ3) is 4.33. The smallest absolute Gasteiger partial charge is 0.0412 e. The molecular weight excluding hydrogens is 414 g/mol. The number of fused-ring (bicyclic) bond motifs is 2. The zero-order chi connectivity index (χ0) is 16.4. The molecule has 1 fully saturated rings. The molecule has 0 amide bonds. The van der Waals surface area contributed by atoms with Crippen molar-refractivity contribution in [1.29, 1.82) is 0 Å². The summed E-state index contributed by atoms with van der Waals surface area (Å²) in [6.45, 7) is 3.69. The maximum Gasteiger partial charge on any atom is 0.0412 e. The van der Waals surface area contributed by atoms with Gasteiger partial charge in [0, 0.05) is 21.4 Å². The van der Waals surface area contributed by atoms with Crippen LogP contribution in [-0.4, -0.2) is 24.5 Å². The summed E-state index contributed by atoms with van der Waals surface area (Å²) in [5.41, 5.74) is 3.97. The third-order valence-electron chi connectivity index (χ3n) is 4.87. The SMILES string of the molecule is Br.Clc1ccc2c(c1)/C(=C\CCN1CCCCC1)c1ccccc1S2. The maximum atomic E-state index is 6.28. The van der Waals surface area contributed by atoms with E-state index in [4.69, 9.17) is 11.6 Å². The van der Waals surface area contributed by atoms with Gasteiger partial charge in [-0.3, -0.25) is 0 Å². The molecule has 2 aliphatic rings. The van der Waals surface area contributed by atoms with E-state index in [9.17, 15) is 0 Å². The fraction of sp³-hybridized carbons (Fsp3) is 0.333. The lowest BCUT2D eigenvalue weighted by Gasteiger charge is -2.26. The predicted molar refractivity (Wildman–Crippen MR) is 114 cm³/mol. The van der Waals surface area contributed by atoms with Crippen molar-refractivity contribution in [2.45, 2.75) is 35.5 Å². The van der Waals surface area contributed by atoms with Crippen LogP contribution in [0.25, 0.3) is 5.57 Å². The number of nitrogens with zero attached hydrogens (tertiary/aromatic N) is 1. The molecule has 0 saturated carbocycles. The fourth-order valence-electron chi connectivity index (χ4n) is 3.64. The first kappa shape index (κ1) is 19.0. The molecule has 0 atom stereocenters. The van der Waals surface area contributed by atoms with E-state index in [-0.39, 0.29) is 17.0 Å². The average Bonchev–Trinajstić information content (AvgIpc) is 2.62. The lowest BCUT2D eigenvalue weighted by molar-refractivity contribution is 0.233. The first-order chi connectivity index (χ1) is 11.8. The van der Waals surface area contributed by atoms with Crippen molar-refractivity contribution in [2.24, 2.45) is 0 Å². The molecule has 2 aromatic rings. The first-order valence-electron chi connectivity index (χ1n) is 8.81. The summed E-state index contributed by atoms with van der Waals surface area (Å²) in [6, 6.07) is 15.0. The number of rotatable bonds is 3. The molecule has 0 N–H and O–H groups in total. The largest absolute Gasteiger partial charge is 0.303 e. The molecule has 0 aromatic heterocycles. The summed E-state index contributed by atoms with van der Waals surface area (Å²) >= 11 is 8.13. The monoisotopic (exact) mass is 435 g/mol. The molecular formula is C21H23BrClNS. The molecule has 0 bridgehead atoms. The van der Waals surface area contributed by atoms with Crippen molar-refractivity contribution in [1.82, 2.24) is 4.90 Å². The average molecular weight is 437 g/mol. The molecule has 25 heavy (non-hydrogen) atoms. The standard InChI is InChI=1S/C21H22ClNS.BrH/c22-16-10-11-21-19(15-16)17(18-7-2-3-9-20(18)24-21)8-6-14-23-12-4-1-5-13-23;/h2-3,7-11,15H,1,4-6,12-14H2;1H/b17-8-;. The van der Waals surface area contributed by atoms with Crippen LogP contribution >= 0.6 is 40.3 Å². The summed E-state index contributed by atoms with van der Waals surface area (Å²) in [4.78, 5) is 5.25. The van der Waals surface area contributed by atoms with Crippen LogP contribution in [0.15, 0.2) is 58.3 Å². The minimum atomic E-state index is 0. The van der Waals surface area contributed by atoms with Crippen molar-refractivity contribution in [3.8, 4) is 0 Å².